The number of pyridine rings is 1. The number of nitrogens with one attached hydrogen (secondary N) is 1. The van der Waals surface area contributed by atoms with E-state index in [1.807, 2.05) is 23.7 Å². The minimum atomic E-state index is 0.469. The Hall–Kier alpha value is -1.26. The summed E-state index contributed by atoms with van der Waals surface area (Å²) < 4.78 is 0. The summed E-state index contributed by atoms with van der Waals surface area (Å²) in [6.07, 6.45) is 8.33. The summed E-state index contributed by atoms with van der Waals surface area (Å²) in [5, 5.41) is 4.79. The second-order valence-electron chi connectivity index (χ2n) is 4.95. The molecule has 0 bridgehead atoms. The second kappa shape index (κ2) is 5.80. The number of nitrogens with zero attached hydrogens (tertiary/aromatic N) is 2. The lowest BCUT2D eigenvalue weighted by atomic mass is 9.98. The van der Waals surface area contributed by atoms with E-state index in [0.717, 1.165) is 13.0 Å². The van der Waals surface area contributed by atoms with Gasteiger partial charge >= 0.3 is 0 Å². The average Bonchev–Trinajstić information content (AvgIpc) is 2.84. The molecule has 1 N–H and O–H groups in total. The Labute approximate surface area is 118 Å². The van der Waals surface area contributed by atoms with Gasteiger partial charge in [0.2, 0.25) is 0 Å². The molecule has 2 aromatic heterocycles. The van der Waals surface area contributed by atoms with E-state index in [-0.39, 0.29) is 0 Å². The lowest BCUT2D eigenvalue weighted by molar-refractivity contribution is 0.465. The van der Waals surface area contributed by atoms with Crippen LogP contribution in [0.2, 0.25) is 0 Å². The largest absolute Gasteiger partial charge is 0.309 e. The fraction of sp³-hybridized carbons (Fsp3) is 0.467. The Morgan fingerprint density at radius 2 is 2.21 bits per heavy atom. The highest BCUT2D eigenvalue weighted by Crippen LogP contribution is 2.33. The molecular formula is C15H19N3S. The molecule has 2 aromatic rings. The van der Waals surface area contributed by atoms with Gasteiger partial charge in [-0.1, -0.05) is 6.92 Å². The molecule has 0 saturated heterocycles. The number of hydrogen-bond acceptors (Lipinski definition) is 4. The van der Waals surface area contributed by atoms with E-state index >= 15 is 0 Å². The van der Waals surface area contributed by atoms with E-state index in [2.05, 4.69) is 29.4 Å². The van der Waals surface area contributed by atoms with Crippen molar-refractivity contribution >= 4 is 11.3 Å². The normalized spacial score (nSPS) is 18.3. The third-order valence-electron chi connectivity index (χ3n) is 3.55. The van der Waals surface area contributed by atoms with Crippen LogP contribution in [0, 0.1) is 0 Å². The highest BCUT2D eigenvalue weighted by atomic mass is 32.1. The number of fused-ring (bicyclic) bond motifs is 1. The summed E-state index contributed by atoms with van der Waals surface area (Å²) in [4.78, 5) is 10.4. The quantitative estimate of drug-likeness (QED) is 0.930. The first kappa shape index (κ1) is 12.8. The van der Waals surface area contributed by atoms with Crippen molar-refractivity contribution in [2.45, 2.75) is 38.6 Å². The molecule has 0 aliphatic heterocycles. The molecule has 3 rings (SSSR count). The Bertz CT molecular complexity index is 536. The van der Waals surface area contributed by atoms with E-state index in [1.54, 1.807) is 0 Å². The highest BCUT2D eigenvalue weighted by molar-refractivity contribution is 7.11. The molecule has 0 aromatic carbocycles. The molecule has 0 radical (unpaired) electrons. The number of aromatic nitrogens is 2. The van der Waals surface area contributed by atoms with Crippen molar-refractivity contribution < 1.29 is 0 Å². The lowest BCUT2D eigenvalue weighted by Crippen LogP contribution is -2.24. The van der Waals surface area contributed by atoms with Crippen LogP contribution in [0.5, 0.6) is 0 Å². The van der Waals surface area contributed by atoms with Crippen molar-refractivity contribution in [2.24, 2.45) is 0 Å². The predicted molar refractivity (Wildman–Crippen MR) is 78.5 cm³/mol. The van der Waals surface area contributed by atoms with Gasteiger partial charge in [-0.25, -0.2) is 4.98 Å². The van der Waals surface area contributed by atoms with Crippen LogP contribution in [-0.4, -0.2) is 16.5 Å². The average molecular weight is 273 g/mol. The van der Waals surface area contributed by atoms with Crippen LogP contribution < -0.4 is 5.32 Å². The van der Waals surface area contributed by atoms with Crippen LogP contribution in [0.1, 0.15) is 46.9 Å². The fourth-order valence-corrected chi connectivity index (χ4v) is 3.87. The molecular weight excluding hydrogens is 254 g/mol. The number of thiazole rings is 1. The Morgan fingerprint density at radius 1 is 1.37 bits per heavy atom. The smallest absolute Gasteiger partial charge is 0.0975 e. The summed E-state index contributed by atoms with van der Waals surface area (Å²) in [7, 11) is 0. The van der Waals surface area contributed by atoms with E-state index in [1.165, 1.54) is 40.4 Å². The third kappa shape index (κ3) is 2.85. The van der Waals surface area contributed by atoms with Gasteiger partial charge in [0.25, 0.3) is 0 Å². The molecule has 1 unspecified atom stereocenters. The Morgan fingerprint density at radius 3 is 3.00 bits per heavy atom. The lowest BCUT2D eigenvalue weighted by Gasteiger charge is -2.21. The monoisotopic (exact) mass is 273 g/mol. The van der Waals surface area contributed by atoms with Crippen LogP contribution in [0.15, 0.2) is 24.5 Å². The molecule has 1 atom stereocenters. The first-order chi connectivity index (χ1) is 9.36. The van der Waals surface area contributed by atoms with Crippen LogP contribution in [0.3, 0.4) is 0 Å². The van der Waals surface area contributed by atoms with Gasteiger partial charge in [0.15, 0.2) is 0 Å². The molecule has 0 amide bonds. The van der Waals surface area contributed by atoms with Gasteiger partial charge in [-0.3, -0.25) is 4.98 Å². The Kier molecular flexibility index (Phi) is 3.89. The molecule has 2 heterocycles. The second-order valence-corrected chi connectivity index (χ2v) is 6.12. The van der Waals surface area contributed by atoms with Crippen molar-refractivity contribution in [3.63, 3.8) is 0 Å². The molecule has 4 heteroatoms. The fourth-order valence-electron chi connectivity index (χ4n) is 2.66. The van der Waals surface area contributed by atoms with E-state index in [0.29, 0.717) is 6.04 Å². The maximum atomic E-state index is 4.88. The molecule has 100 valence electrons. The molecule has 0 saturated carbocycles. The summed E-state index contributed by atoms with van der Waals surface area (Å²) in [5.74, 6) is 0. The van der Waals surface area contributed by atoms with Gasteiger partial charge in [-0.15, -0.1) is 11.3 Å². The van der Waals surface area contributed by atoms with E-state index < -0.39 is 0 Å². The van der Waals surface area contributed by atoms with Gasteiger partial charge in [0.1, 0.15) is 0 Å². The summed E-state index contributed by atoms with van der Waals surface area (Å²) in [5.41, 5.74) is 2.60. The molecule has 0 fully saturated rings. The zero-order valence-corrected chi connectivity index (χ0v) is 12.0. The van der Waals surface area contributed by atoms with Crippen LogP contribution >= 0.6 is 11.3 Å². The predicted octanol–water partition coefficient (Wildman–Crippen LogP) is 3.12. The van der Waals surface area contributed by atoms with Crippen molar-refractivity contribution in [3.05, 3.63) is 45.7 Å². The standard InChI is InChI=1S/C15H19N3S/c1-2-17-12-4-3-5-13-15(12)18-14(19-13)10-11-6-8-16-9-7-11/h6-9,12,17H,2-5,10H2,1H3. The zero-order valence-electron chi connectivity index (χ0n) is 11.2. The first-order valence-corrected chi connectivity index (χ1v) is 7.79. The number of hydrogen-bond donors (Lipinski definition) is 1. The first-order valence-electron chi connectivity index (χ1n) is 6.97. The van der Waals surface area contributed by atoms with Gasteiger partial charge < -0.3 is 5.32 Å². The summed E-state index contributed by atoms with van der Waals surface area (Å²) >= 11 is 1.89. The van der Waals surface area contributed by atoms with Crippen molar-refractivity contribution in [2.75, 3.05) is 6.54 Å². The summed E-state index contributed by atoms with van der Waals surface area (Å²) in [6.45, 7) is 3.18. The number of rotatable bonds is 4. The Balaban J connectivity index is 1.81. The molecule has 1 aliphatic rings. The van der Waals surface area contributed by atoms with Crippen molar-refractivity contribution in [1.82, 2.24) is 15.3 Å². The highest BCUT2D eigenvalue weighted by Gasteiger charge is 2.23. The number of aryl methyl sites for hydroxylation is 1. The topological polar surface area (TPSA) is 37.8 Å². The summed E-state index contributed by atoms with van der Waals surface area (Å²) in [6, 6.07) is 4.61. The van der Waals surface area contributed by atoms with Crippen LogP contribution in [0.4, 0.5) is 0 Å². The molecule has 3 nitrogen and oxygen atoms in total. The maximum Gasteiger partial charge on any atom is 0.0975 e. The molecule has 1 aliphatic carbocycles. The third-order valence-corrected chi connectivity index (χ3v) is 4.68. The van der Waals surface area contributed by atoms with Gasteiger partial charge in [0, 0.05) is 23.7 Å². The van der Waals surface area contributed by atoms with Gasteiger partial charge in [-0.05, 0) is 43.5 Å². The van der Waals surface area contributed by atoms with Gasteiger partial charge in [-0.2, -0.15) is 0 Å². The van der Waals surface area contributed by atoms with Crippen LogP contribution in [0.25, 0.3) is 0 Å². The zero-order chi connectivity index (χ0) is 13.1. The van der Waals surface area contributed by atoms with E-state index in [9.17, 15) is 0 Å². The SMILES string of the molecule is CCNC1CCCc2sc(Cc3ccncc3)nc21. The minimum absolute atomic E-state index is 0.469. The van der Waals surface area contributed by atoms with Crippen molar-refractivity contribution in [3.8, 4) is 0 Å². The maximum absolute atomic E-state index is 4.88. The molecule has 0 spiro atoms. The minimum Gasteiger partial charge on any atom is -0.309 e. The van der Waals surface area contributed by atoms with E-state index in [4.69, 9.17) is 4.98 Å². The molecule has 19 heavy (non-hydrogen) atoms. The van der Waals surface area contributed by atoms with Gasteiger partial charge in [0.05, 0.1) is 16.7 Å². The van der Waals surface area contributed by atoms with Crippen LogP contribution in [-0.2, 0) is 12.8 Å². The van der Waals surface area contributed by atoms with Crippen molar-refractivity contribution in [1.29, 1.82) is 0 Å².